The second-order valence-corrected chi connectivity index (χ2v) is 6.18. The van der Waals surface area contributed by atoms with Crippen molar-refractivity contribution >= 4 is 33.4 Å². The van der Waals surface area contributed by atoms with Crippen LogP contribution in [-0.4, -0.2) is 25.8 Å². The average Bonchev–Trinajstić information content (AvgIpc) is 2.27. The Hall–Kier alpha value is -1.05. The number of benzene rings is 1. The molecule has 0 unspecified atom stereocenters. The number of anilines is 1. The normalized spacial score (nSPS) is 13.1. The fourth-order valence-corrected chi connectivity index (χ4v) is 1.93. The highest BCUT2D eigenvalue weighted by molar-refractivity contribution is 7.99. The molecule has 0 radical (unpaired) electrons. The molecular weight excluding hydrogens is 260 g/mol. The Morgan fingerprint density at radius 3 is 2.65 bits per heavy atom. The van der Waals surface area contributed by atoms with Gasteiger partial charge in [0, 0.05) is 5.69 Å². The fraction of sp³-hybridized carbons (Fsp3) is 0.300. The number of thioether (sulfide) groups is 1. The smallest absolute Gasteiger partial charge is 0.238 e. The molecule has 0 aliphatic rings. The molecule has 1 atom stereocenters. The standard InChI is InChI=1S/C10H14N2O3S2/c1-7(16-2)10(13)12-8-4-3-5-9(6-8)17(11,14)15/h3-7H,1-2H3,(H,12,13)(H2,11,14,15)/t7-/m0/s1. The summed E-state index contributed by atoms with van der Waals surface area (Å²) in [6, 6.07) is 5.85. The highest BCUT2D eigenvalue weighted by atomic mass is 32.2. The Labute approximate surface area is 105 Å². The van der Waals surface area contributed by atoms with Crippen LogP contribution in [0.3, 0.4) is 0 Å². The third kappa shape index (κ3) is 4.03. The minimum Gasteiger partial charge on any atom is -0.325 e. The van der Waals surface area contributed by atoms with Gasteiger partial charge in [0.2, 0.25) is 15.9 Å². The van der Waals surface area contributed by atoms with Gasteiger partial charge in [-0.05, 0) is 31.4 Å². The molecular formula is C10H14N2O3S2. The van der Waals surface area contributed by atoms with Crippen LogP contribution in [0.5, 0.6) is 0 Å². The third-order valence-corrected chi connectivity index (χ3v) is 3.99. The lowest BCUT2D eigenvalue weighted by Crippen LogP contribution is -2.22. The minimum atomic E-state index is -3.74. The molecule has 17 heavy (non-hydrogen) atoms. The van der Waals surface area contributed by atoms with Gasteiger partial charge in [0.25, 0.3) is 0 Å². The number of primary sulfonamides is 1. The molecule has 1 aromatic rings. The first-order chi connectivity index (χ1) is 7.84. The average molecular weight is 274 g/mol. The molecule has 0 saturated heterocycles. The zero-order valence-electron chi connectivity index (χ0n) is 9.51. The number of sulfonamides is 1. The fourth-order valence-electron chi connectivity index (χ4n) is 1.10. The number of hydrogen-bond acceptors (Lipinski definition) is 4. The van der Waals surface area contributed by atoms with Crippen LogP contribution in [0.1, 0.15) is 6.92 Å². The summed E-state index contributed by atoms with van der Waals surface area (Å²) < 4.78 is 22.2. The molecule has 0 spiro atoms. The van der Waals surface area contributed by atoms with Gasteiger partial charge in [-0.3, -0.25) is 4.79 Å². The molecule has 94 valence electrons. The Kier molecular flexibility index (Phi) is 4.55. The first-order valence-electron chi connectivity index (χ1n) is 4.81. The molecule has 0 saturated carbocycles. The summed E-state index contributed by atoms with van der Waals surface area (Å²) in [4.78, 5) is 11.6. The summed E-state index contributed by atoms with van der Waals surface area (Å²) in [5.41, 5.74) is 0.419. The number of rotatable bonds is 4. The molecule has 7 heteroatoms. The number of carbonyl (C=O) groups excluding carboxylic acids is 1. The minimum absolute atomic E-state index is 0.0212. The van der Waals surface area contributed by atoms with E-state index < -0.39 is 10.0 Å². The maximum absolute atomic E-state index is 11.6. The Morgan fingerprint density at radius 1 is 1.47 bits per heavy atom. The molecule has 0 bridgehead atoms. The van der Waals surface area contributed by atoms with Crippen LogP contribution in [0.25, 0.3) is 0 Å². The predicted molar refractivity (Wildman–Crippen MR) is 69.4 cm³/mol. The van der Waals surface area contributed by atoms with Crippen molar-refractivity contribution in [3.63, 3.8) is 0 Å². The van der Waals surface area contributed by atoms with Crippen molar-refractivity contribution in [3.05, 3.63) is 24.3 Å². The molecule has 5 nitrogen and oxygen atoms in total. The zero-order valence-corrected chi connectivity index (χ0v) is 11.1. The van der Waals surface area contributed by atoms with E-state index in [0.29, 0.717) is 5.69 Å². The first kappa shape index (κ1) is 14.0. The lowest BCUT2D eigenvalue weighted by Gasteiger charge is -2.10. The van der Waals surface area contributed by atoms with E-state index in [-0.39, 0.29) is 16.1 Å². The monoisotopic (exact) mass is 274 g/mol. The van der Waals surface area contributed by atoms with E-state index >= 15 is 0 Å². The van der Waals surface area contributed by atoms with E-state index in [4.69, 9.17) is 5.14 Å². The van der Waals surface area contributed by atoms with E-state index in [0.717, 1.165) is 0 Å². The summed E-state index contributed by atoms with van der Waals surface area (Å²) in [5, 5.41) is 7.42. The van der Waals surface area contributed by atoms with Gasteiger partial charge in [0.1, 0.15) is 0 Å². The lowest BCUT2D eigenvalue weighted by molar-refractivity contribution is -0.115. The van der Waals surface area contributed by atoms with Gasteiger partial charge in [-0.15, -0.1) is 0 Å². The Morgan fingerprint density at radius 2 is 2.12 bits per heavy atom. The van der Waals surface area contributed by atoms with Gasteiger partial charge >= 0.3 is 0 Å². The van der Waals surface area contributed by atoms with Gasteiger partial charge < -0.3 is 5.32 Å². The topological polar surface area (TPSA) is 89.3 Å². The van der Waals surface area contributed by atoms with Crippen LogP contribution in [0.4, 0.5) is 5.69 Å². The van der Waals surface area contributed by atoms with Crippen molar-refractivity contribution < 1.29 is 13.2 Å². The molecule has 1 amide bonds. The molecule has 0 fully saturated rings. The quantitative estimate of drug-likeness (QED) is 0.858. The summed E-state index contributed by atoms with van der Waals surface area (Å²) in [6.07, 6.45) is 1.82. The van der Waals surface area contributed by atoms with Crippen LogP contribution < -0.4 is 10.5 Å². The predicted octanol–water partition coefficient (Wildman–Crippen LogP) is 1.02. The van der Waals surface area contributed by atoms with Gasteiger partial charge in [-0.25, -0.2) is 13.6 Å². The van der Waals surface area contributed by atoms with Crippen molar-refractivity contribution in [2.24, 2.45) is 5.14 Å². The van der Waals surface area contributed by atoms with Gasteiger partial charge in [0.15, 0.2) is 0 Å². The van der Waals surface area contributed by atoms with E-state index in [1.165, 1.54) is 30.0 Å². The molecule has 0 aliphatic carbocycles. The van der Waals surface area contributed by atoms with Crippen LogP contribution in [0, 0.1) is 0 Å². The van der Waals surface area contributed by atoms with E-state index in [1.807, 2.05) is 6.26 Å². The number of nitrogens with two attached hydrogens (primary N) is 1. The number of nitrogens with one attached hydrogen (secondary N) is 1. The summed E-state index contributed by atoms with van der Waals surface area (Å²) in [5.74, 6) is -0.177. The highest BCUT2D eigenvalue weighted by Crippen LogP contribution is 2.15. The molecule has 3 N–H and O–H groups in total. The van der Waals surface area contributed by atoms with E-state index in [1.54, 1.807) is 13.0 Å². The summed E-state index contributed by atoms with van der Waals surface area (Å²) in [7, 11) is -3.74. The number of hydrogen-bond donors (Lipinski definition) is 2. The van der Waals surface area contributed by atoms with Gasteiger partial charge in [0.05, 0.1) is 10.1 Å². The Bertz CT molecular complexity index is 514. The maximum atomic E-state index is 11.6. The SMILES string of the molecule is CS[C@@H](C)C(=O)Nc1cccc(S(N)(=O)=O)c1. The lowest BCUT2D eigenvalue weighted by atomic mass is 10.3. The molecule has 0 heterocycles. The first-order valence-corrected chi connectivity index (χ1v) is 7.64. The number of amides is 1. The van der Waals surface area contributed by atoms with Crippen LogP contribution in [0.15, 0.2) is 29.2 Å². The van der Waals surface area contributed by atoms with Gasteiger partial charge in [-0.1, -0.05) is 6.07 Å². The second kappa shape index (κ2) is 5.52. The van der Waals surface area contributed by atoms with Crippen molar-refractivity contribution in [2.75, 3.05) is 11.6 Å². The maximum Gasteiger partial charge on any atom is 0.238 e. The second-order valence-electron chi connectivity index (χ2n) is 3.44. The van der Waals surface area contributed by atoms with Crippen molar-refractivity contribution in [3.8, 4) is 0 Å². The number of carbonyl (C=O) groups is 1. The van der Waals surface area contributed by atoms with Crippen molar-refractivity contribution in [1.29, 1.82) is 0 Å². The van der Waals surface area contributed by atoms with Crippen LogP contribution in [-0.2, 0) is 14.8 Å². The Balaban J connectivity index is 2.91. The van der Waals surface area contributed by atoms with Gasteiger partial charge in [-0.2, -0.15) is 11.8 Å². The molecule has 0 aromatic heterocycles. The summed E-state index contributed by atoms with van der Waals surface area (Å²) >= 11 is 1.41. The van der Waals surface area contributed by atoms with Crippen molar-refractivity contribution in [2.45, 2.75) is 17.1 Å². The van der Waals surface area contributed by atoms with E-state index in [2.05, 4.69) is 5.32 Å². The van der Waals surface area contributed by atoms with Crippen molar-refractivity contribution in [1.82, 2.24) is 0 Å². The molecule has 1 aromatic carbocycles. The van der Waals surface area contributed by atoms with E-state index in [9.17, 15) is 13.2 Å². The molecule has 1 rings (SSSR count). The third-order valence-electron chi connectivity index (χ3n) is 2.15. The highest BCUT2D eigenvalue weighted by Gasteiger charge is 2.13. The zero-order chi connectivity index (χ0) is 13.1. The van der Waals surface area contributed by atoms with Crippen LogP contribution >= 0.6 is 11.8 Å². The largest absolute Gasteiger partial charge is 0.325 e. The van der Waals surface area contributed by atoms with Crippen LogP contribution in [0.2, 0.25) is 0 Å². The summed E-state index contributed by atoms with van der Waals surface area (Å²) in [6.45, 7) is 1.77. The molecule has 0 aliphatic heterocycles.